The van der Waals surface area contributed by atoms with Crippen LogP contribution in [0.15, 0.2) is 42.5 Å². The fourth-order valence-electron chi connectivity index (χ4n) is 2.33. The fourth-order valence-corrected chi connectivity index (χ4v) is 3.02. The summed E-state index contributed by atoms with van der Waals surface area (Å²) in [7, 11) is 1.55. The molecule has 0 fully saturated rings. The molecular formula is C20H24N2O3S. The molecule has 6 heteroatoms. The lowest BCUT2D eigenvalue weighted by atomic mass is 10.1. The average molecular weight is 372 g/mol. The molecule has 0 heterocycles. The minimum absolute atomic E-state index is 0.117. The van der Waals surface area contributed by atoms with Gasteiger partial charge in [-0.15, -0.1) is 11.8 Å². The third-order valence-corrected chi connectivity index (χ3v) is 5.22. The molecule has 2 aromatic rings. The minimum atomic E-state index is -0.349. The maximum absolute atomic E-state index is 12.4. The van der Waals surface area contributed by atoms with Crippen molar-refractivity contribution in [2.45, 2.75) is 26.0 Å². The van der Waals surface area contributed by atoms with E-state index < -0.39 is 0 Å². The molecule has 2 N–H and O–H groups in total. The first-order valence-corrected chi connectivity index (χ1v) is 9.38. The largest absolute Gasteiger partial charge is 0.495 e. The number of hydrogen-bond acceptors (Lipinski definition) is 4. The molecule has 0 radical (unpaired) electrons. The van der Waals surface area contributed by atoms with Crippen LogP contribution in [0.2, 0.25) is 0 Å². The fraction of sp³-hybridized carbons (Fsp3) is 0.300. The monoisotopic (exact) mass is 372 g/mol. The van der Waals surface area contributed by atoms with Gasteiger partial charge in [-0.05, 0) is 50.1 Å². The van der Waals surface area contributed by atoms with E-state index in [4.69, 9.17) is 4.74 Å². The summed E-state index contributed by atoms with van der Waals surface area (Å²) in [6.45, 7) is 5.77. The SMILES string of the molecule is COc1ccccc1NC(=O)CS[C@H](C)C(=O)Nc1cccc(C)c1C. The van der Waals surface area contributed by atoms with Gasteiger partial charge in [0.2, 0.25) is 11.8 Å². The average Bonchev–Trinajstić information content (AvgIpc) is 2.63. The maximum atomic E-state index is 12.4. The number of rotatable bonds is 7. The minimum Gasteiger partial charge on any atom is -0.495 e. The summed E-state index contributed by atoms with van der Waals surface area (Å²) in [4.78, 5) is 24.5. The third-order valence-electron chi connectivity index (χ3n) is 4.08. The number of aryl methyl sites for hydroxylation is 1. The van der Waals surface area contributed by atoms with Crippen molar-refractivity contribution in [3.05, 3.63) is 53.6 Å². The summed E-state index contributed by atoms with van der Waals surface area (Å²) >= 11 is 1.29. The molecule has 1 atom stereocenters. The van der Waals surface area contributed by atoms with Crippen LogP contribution in [0.1, 0.15) is 18.1 Å². The number of carbonyl (C=O) groups excluding carboxylic acids is 2. The molecule has 0 bridgehead atoms. The van der Waals surface area contributed by atoms with Crippen LogP contribution in [-0.2, 0) is 9.59 Å². The van der Waals surface area contributed by atoms with Crippen LogP contribution in [0, 0.1) is 13.8 Å². The van der Waals surface area contributed by atoms with Crippen LogP contribution in [0.3, 0.4) is 0 Å². The van der Waals surface area contributed by atoms with E-state index in [9.17, 15) is 9.59 Å². The Labute approximate surface area is 158 Å². The summed E-state index contributed by atoms with van der Waals surface area (Å²) in [5.41, 5.74) is 3.60. The molecule has 0 unspecified atom stereocenters. The van der Waals surface area contributed by atoms with Crippen LogP contribution in [0.4, 0.5) is 11.4 Å². The van der Waals surface area contributed by atoms with Gasteiger partial charge in [0.05, 0.1) is 23.8 Å². The molecule has 138 valence electrons. The number of methoxy groups -OCH3 is 1. The molecule has 0 aliphatic rings. The van der Waals surface area contributed by atoms with E-state index >= 15 is 0 Å². The predicted molar refractivity (Wildman–Crippen MR) is 108 cm³/mol. The second-order valence-electron chi connectivity index (χ2n) is 5.94. The Morgan fingerprint density at radius 3 is 2.46 bits per heavy atom. The van der Waals surface area contributed by atoms with Crippen LogP contribution >= 0.6 is 11.8 Å². The molecule has 0 aliphatic carbocycles. The lowest BCUT2D eigenvalue weighted by Gasteiger charge is -2.15. The van der Waals surface area contributed by atoms with Crippen LogP contribution < -0.4 is 15.4 Å². The first kappa shape index (κ1) is 19.8. The topological polar surface area (TPSA) is 67.4 Å². The lowest BCUT2D eigenvalue weighted by Crippen LogP contribution is -2.25. The molecular weight excluding hydrogens is 348 g/mol. The highest BCUT2D eigenvalue weighted by molar-refractivity contribution is 8.01. The number of nitrogens with one attached hydrogen (secondary N) is 2. The normalized spacial score (nSPS) is 11.5. The molecule has 2 aromatic carbocycles. The Kier molecular flexibility index (Phi) is 7.09. The zero-order valence-corrected chi connectivity index (χ0v) is 16.3. The maximum Gasteiger partial charge on any atom is 0.237 e. The van der Waals surface area contributed by atoms with Crippen molar-refractivity contribution in [3.8, 4) is 5.75 Å². The standard InChI is InChI=1S/C20H24N2O3S/c1-13-8-7-10-16(14(13)2)22-20(24)15(3)26-12-19(23)21-17-9-5-6-11-18(17)25-4/h5-11,15H,12H2,1-4H3,(H,21,23)(H,22,24)/t15-/m1/s1. The number of carbonyl (C=O) groups is 2. The number of thioether (sulfide) groups is 1. The highest BCUT2D eigenvalue weighted by Crippen LogP contribution is 2.24. The third kappa shape index (κ3) is 5.26. The van der Waals surface area contributed by atoms with Gasteiger partial charge in [-0.25, -0.2) is 0 Å². The van der Waals surface area contributed by atoms with Gasteiger partial charge in [0, 0.05) is 5.69 Å². The summed E-state index contributed by atoms with van der Waals surface area (Å²) in [5.74, 6) is 0.491. The van der Waals surface area contributed by atoms with E-state index in [2.05, 4.69) is 10.6 Å². The zero-order chi connectivity index (χ0) is 19.1. The summed E-state index contributed by atoms with van der Waals surface area (Å²) in [5, 5.41) is 5.39. The van der Waals surface area contributed by atoms with E-state index in [1.54, 1.807) is 26.2 Å². The first-order chi connectivity index (χ1) is 12.4. The first-order valence-electron chi connectivity index (χ1n) is 8.34. The molecule has 0 spiro atoms. The van der Waals surface area contributed by atoms with Gasteiger partial charge in [0.15, 0.2) is 0 Å². The Balaban J connectivity index is 1.87. The number of amides is 2. The number of para-hydroxylation sites is 2. The quantitative estimate of drug-likeness (QED) is 0.771. The molecule has 2 rings (SSSR count). The van der Waals surface area contributed by atoms with Crippen molar-refractivity contribution in [1.82, 2.24) is 0 Å². The van der Waals surface area contributed by atoms with E-state index in [0.717, 1.165) is 16.8 Å². The van der Waals surface area contributed by atoms with Crippen LogP contribution in [0.25, 0.3) is 0 Å². The van der Waals surface area contributed by atoms with Crippen molar-refractivity contribution in [2.75, 3.05) is 23.5 Å². The van der Waals surface area contributed by atoms with E-state index in [1.807, 2.05) is 44.2 Å². The van der Waals surface area contributed by atoms with Crippen LogP contribution in [-0.4, -0.2) is 29.9 Å². The van der Waals surface area contributed by atoms with E-state index in [0.29, 0.717) is 11.4 Å². The summed E-state index contributed by atoms with van der Waals surface area (Å²) < 4.78 is 5.21. The predicted octanol–water partition coefficient (Wildman–Crippen LogP) is 4.01. The Hall–Kier alpha value is -2.47. The number of ether oxygens (including phenoxy) is 1. The van der Waals surface area contributed by atoms with Crippen molar-refractivity contribution in [3.63, 3.8) is 0 Å². The molecule has 5 nitrogen and oxygen atoms in total. The van der Waals surface area contributed by atoms with Crippen molar-refractivity contribution < 1.29 is 14.3 Å². The molecule has 0 aromatic heterocycles. The van der Waals surface area contributed by atoms with Crippen molar-refractivity contribution in [2.24, 2.45) is 0 Å². The van der Waals surface area contributed by atoms with Gasteiger partial charge < -0.3 is 15.4 Å². The van der Waals surface area contributed by atoms with Gasteiger partial charge in [-0.1, -0.05) is 24.3 Å². The molecule has 26 heavy (non-hydrogen) atoms. The van der Waals surface area contributed by atoms with Gasteiger partial charge >= 0.3 is 0 Å². The van der Waals surface area contributed by atoms with E-state index in [-0.39, 0.29) is 22.8 Å². The molecule has 0 saturated carbocycles. The Bertz CT molecular complexity index is 792. The summed E-state index contributed by atoms with van der Waals surface area (Å²) in [6.07, 6.45) is 0. The second kappa shape index (κ2) is 9.29. The number of benzene rings is 2. The van der Waals surface area contributed by atoms with E-state index in [1.165, 1.54) is 11.8 Å². The van der Waals surface area contributed by atoms with Crippen molar-refractivity contribution >= 4 is 35.0 Å². The Morgan fingerprint density at radius 2 is 1.73 bits per heavy atom. The smallest absolute Gasteiger partial charge is 0.237 e. The number of anilines is 2. The molecule has 0 aliphatic heterocycles. The van der Waals surface area contributed by atoms with Gasteiger partial charge in [0.1, 0.15) is 5.75 Å². The van der Waals surface area contributed by atoms with Crippen LogP contribution in [0.5, 0.6) is 5.75 Å². The lowest BCUT2D eigenvalue weighted by molar-refractivity contribution is -0.115. The molecule has 0 saturated heterocycles. The highest BCUT2D eigenvalue weighted by Gasteiger charge is 2.17. The van der Waals surface area contributed by atoms with Gasteiger partial charge in [-0.3, -0.25) is 9.59 Å². The van der Waals surface area contributed by atoms with Gasteiger partial charge in [-0.2, -0.15) is 0 Å². The summed E-state index contributed by atoms with van der Waals surface area (Å²) in [6, 6.07) is 13.0. The number of hydrogen-bond donors (Lipinski definition) is 2. The second-order valence-corrected chi connectivity index (χ2v) is 7.27. The molecule has 2 amide bonds. The highest BCUT2D eigenvalue weighted by atomic mass is 32.2. The van der Waals surface area contributed by atoms with Crippen molar-refractivity contribution in [1.29, 1.82) is 0 Å². The Morgan fingerprint density at radius 1 is 1.04 bits per heavy atom. The van der Waals surface area contributed by atoms with Gasteiger partial charge in [0.25, 0.3) is 0 Å². The zero-order valence-electron chi connectivity index (χ0n) is 15.5.